The van der Waals surface area contributed by atoms with Crippen molar-refractivity contribution in [3.63, 3.8) is 0 Å². The smallest absolute Gasteiger partial charge is 0.254 e. The van der Waals surface area contributed by atoms with Gasteiger partial charge in [0.15, 0.2) is 0 Å². The molecule has 0 aliphatic carbocycles. The van der Waals surface area contributed by atoms with E-state index in [0.717, 1.165) is 18.7 Å². The summed E-state index contributed by atoms with van der Waals surface area (Å²) in [5, 5.41) is 6.12. The lowest BCUT2D eigenvalue weighted by Crippen LogP contribution is -2.46. The highest BCUT2D eigenvalue weighted by Gasteiger charge is 2.34. The summed E-state index contributed by atoms with van der Waals surface area (Å²) in [6, 6.07) is 14.1. The summed E-state index contributed by atoms with van der Waals surface area (Å²) >= 11 is 0. The van der Waals surface area contributed by atoms with E-state index in [0.29, 0.717) is 30.0 Å². The van der Waals surface area contributed by atoms with Gasteiger partial charge in [-0.25, -0.2) is 0 Å². The third-order valence-electron chi connectivity index (χ3n) is 5.59. The molecule has 0 radical (unpaired) electrons. The molecule has 2 aromatic carbocycles. The van der Waals surface area contributed by atoms with Gasteiger partial charge in [-0.05, 0) is 23.8 Å². The van der Waals surface area contributed by atoms with Crippen LogP contribution in [0.3, 0.4) is 0 Å². The number of methoxy groups -OCH3 is 1. The maximum absolute atomic E-state index is 13.0. The fourth-order valence-electron chi connectivity index (χ4n) is 4.11. The van der Waals surface area contributed by atoms with Gasteiger partial charge in [-0.1, -0.05) is 30.3 Å². The number of ether oxygens (including phenoxy) is 1. The number of fused-ring (bicyclic) bond motifs is 1. The van der Waals surface area contributed by atoms with Gasteiger partial charge in [0, 0.05) is 38.9 Å². The van der Waals surface area contributed by atoms with Crippen LogP contribution in [0.4, 0.5) is 11.4 Å². The Kier molecular flexibility index (Phi) is 6.29. The molecule has 2 N–H and O–H groups in total. The summed E-state index contributed by atoms with van der Waals surface area (Å²) < 4.78 is 5.10. The van der Waals surface area contributed by atoms with Crippen LogP contribution in [0.5, 0.6) is 0 Å². The number of carbonyl (C=O) groups is 3. The highest BCUT2D eigenvalue weighted by Crippen LogP contribution is 2.38. The minimum absolute atomic E-state index is 0.0860. The highest BCUT2D eigenvalue weighted by molar-refractivity contribution is 6.07. The fourth-order valence-corrected chi connectivity index (χ4v) is 4.11. The van der Waals surface area contributed by atoms with Gasteiger partial charge in [0.25, 0.3) is 11.8 Å². The number of nitrogens with one attached hydrogen (secondary N) is 2. The lowest BCUT2D eigenvalue weighted by atomic mass is 10.0. The monoisotopic (exact) mass is 422 g/mol. The topological polar surface area (TPSA) is 91.0 Å². The standard InChI is InChI=1S/C23H26N4O4/c1-31-15-22(29)27-19-8-7-17(23(30)26-11-9-24-10-12-26)13-18(19)25-21(28)14-20(27)16-5-3-2-4-6-16/h2-8,13,20,24H,9-12,14-15H2,1H3,(H,25,28). The van der Waals surface area contributed by atoms with Gasteiger partial charge >= 0.3 is 0 Å². The van der Waals surface area contributed by atoms with Crippen LogP contribution in [0.25, 0.3) is 0 Å². The molecule has 0 spiro atoms. The lowest BCUT2D eigenvalue weighted by Gasteiger charge is -2.31. The molecule has 8 nitrogen and oxygen atoms in total. The molecular formula is C23H26N4O4. The molecule has 2 aromatic rings. The van der Waals surface area contributed by atoms with Gasteiger partial charge in [0.1, 0.15) is 6.61 Å². The van der Waals surface area contributed by atoms with Gasteiger partial charge in [-0.3, -0.25) is 14.4 Å². The predicted molar refractivity (Wildman–Crippen MR) is 117 cm³/mol. The van der Waals surface area contributed by atoms with E-state index in [1.165, 1.54) is 7.11 Å². The van der Waals surface area contributed by atoms with Crippen molar-refractivity contribution in [2.24, 2.45) is 0 Å². The molecule has 1 saturated heterocycles. The van der Waals surface area contributed by atoms with E-state index >= 15 is 0 Å². The van der Waals surface area contributed by atoms with Crippen molar-refractivity contribution in [1.29, 1.82) is 0 Å². The van der Waals surface area contributed by atoms with E-state index in [-0.39, 0.29) is 30.7 Å². The number of rotatable bonds is 4. The molecule has 1 unspecified atom stereocenters. The van der Waals surface area contributed by atoms with Crippen LogP contribution < -0.4 is 15.5 Å². The molecule has 2 aliphatic heterocycles. The first kappa shape index (κ1) is 21.0. The van der Waals surface area contributed by atoms with Crippen molar-refractivity contribution in [3.8, 4) is 0 Å². The Morgan fingerprint density at radius 1 is 1.10 bits per heavy atom. The molecule has 0 bridgehead atoms. The number of anilines is 2. The second-order valence-corrected chi connectivity index (χ2v) is 7.65. The molecule has 4 rings (SSSR count). The summed E-state index contributed by atoms with van der Waals surface area (Å²) in [7, 11) is 1.47. The highest BCUT2D eigenvalue weighted by atomic mass is 16.5. The quantitative estimate of drug-likeness (QED) is 0.784. The molecule has 0 saturated carbocycles. The second-order valence-electron chi connectivity index (χ2n) is 7.65. The maximum Gasteiger partial charge on any atom is 0.254 e. The van der Waals surface area contributed by atoms with Crippen LogP contribution >= 0.6 is 0 Å². The van der Waals surface area contributed by atoms with Crippen LogP contribution in [-0.2, 0) is 14.3 Å². The third kappa shape index (κ3) is 4.45. The zero-order chi connectivity index (χ0) is 21.8. The first-order valence-electron chi connectivity index (χ1n) is 10.4. The van der Waals surface area contributed by atoms with E-state index in [1.54, 1.807) is 28.0 Å². The maximum atomic E-state index is 13.0. The van der Waals surface area contributed by atoms with Gasteiger partial charge in [0.2, 0.25) is 5.91 Å². The first-order chi connectivity index (χ1) is 15.1. The molecule has 31 heavy (non-hydrogen) atoms. The number of benzene rings is 2. The molecule has 2 aliphatic rings. The Balaban J connectivity index is 1.74. The molecule has 162 valence electrons. The normalized spacial score (nSPS) is 18.7. The van der Waals surface area contributed by atoms with Crippen molar-refractivity contribution in [2.75, 3.05) is 50.1 Å². The summed E-state index contributed by atoms with van der Waals surface area (Å²) in [6.07, 6.45) is 0.106. The van der Waals surface area contributed by atoms with Gasteiger partial charge < -0.3 is 25.2 Å². The number of amides is 3. The molecule has 3 amide bonds. The molecule has 8 heteroatoms. The van der Waals surface area contributed by atoms with Crippen LogP contribution in [0.15, 0.2) is 48.5 Å². The summed E-state index contributed by atoms with van der Waals surface area (Å²) in [4.78, 5) is 42.1. The summed E-state index contributed by atoms with van der Waals surface area (Å²) in [6.45, 7) is 2.67. The Bertz CT molecular complexity index is 973. The van der Waals surface area contributed by atoms with Crippen LogP contribution in [0.2, 0.25) is 0 Å². The molecule has 1 atom stereocenters. The number of carbonyl (C=O) groups excluding carboxylic acids is 3. The van der Waals surface area contributed by atoms with Gasteiger partial charge in [0.05, 0.1) is 23.8 Å². The Hall–Kier alpha value is -3.23. The largest absolute Gasteiger partial charge is 0.375 e. The summed E-state index contributed by atoms with van der Waals surface area (Å²) in [5.74, 6) is -0.554. The van der Waals surface area contributed by atoms with E-state index < -0.39 is 6.04 Å². The van der Waals surface area contributed by atoms with Crippen LogP contribution in [-0.4, -0.2) is 62.5 Å². The van der Waals surface area contributed by atoms with Gasteiger partial charge in [-0.15, -0.1) is 0 Å². The van der Waals surface area contributed by atoms with Crippen molar-refractivity contribution in [1.82, 2.24) is 10.2 Å². The Morgan fingerprint density at radius 3 is 2.55 bits per heavy atom. The lowest BCUT2D eigenvalue weighted by molar-refractivity contribution is -0.122. The van der Waals surface area contributed by atoms with Crippen LogP contribution in [0, 0.1) is 0 Å². The Morgan fingerprint density at radius 2 is 1.84 bits per heavy atom. The summed E-state index contributed by atoms with van der Waals surface area (Å²) in [5.41, 5.74) is 2.35. The van der Waals surface area contributed by atoms with Gasteiger partial charge in [-0.2, -0.15) is 0 Å². The first-order valence-corrected chi connectivity index (χ1v) is 10.4. The number of hydrogen-bond acceptors (Lipinski definition) is 5. The van der Waals surface area contributed by atoms with E-state index in [1.807, 2.05) is 30.3 Å². The van der Waals surface area contributed by atoms with Crippen molar-refractivity contribution < 1.29 is 19.1 Å². The molecule has 0 aromatic heterocycles. The Labute approximate surface area is 181 Å². The zero-order valence-electron chi connectivity index (χ0n) is 17.5. The molecule has 2 heterocycles. The van der Waals surface area contributed by atoms with Crippen molar-refractivity contribution in [2.45, 2.75) is 12.5 Å². The average molecular weight is 422 g/mol. The van der Waals surface area contributed by atoms with Crippen molar-refractivity contribution in [3.05, 3.63) is 59.7 Å². The SMILES string of the molecule is COCC(=O)N1c2ccc(C(=O)N3CCNCC3)cc2NC(=O)CC1c1ccccc1. The zero-order valence-corrected chi connectivity index (χ0v) is 17.5. The van der Waals surface area contributed by atoms with Crippen molar-refractivity contribution >= 4 is 29.1 Å². The molecule has 1 fully saturated rings. The second kappa shape index (κ2) is 9.28. The third-order valence-corrected chi connectivity index (χ3v) is 5.59. The van der Waals surface area contributed by atoms with E-state index in [4.69, 9.17) is 4.74 Å². The van der Waals surface area contributed by atoms with E-state index in [9.17, 15) is 14.4 Å². The predicted octanol–water partition coefficient (Wildman–Crippen LogP) is 1.79. The average Bonchev–Trinajstić information content (AvgIpc) is 2.95. The van der Waals surface area contributed by atoms with E-state index in [2.05, 4.69) is 10.6 Å². The minimum Gasteiger partial charge on any atom is -0.375 e. The minimum atomic E-state index is -0.472. The number of piperazine rings is 1. The number of nitrogens with zero attached hydrogens (tertiary/aromatic N) is 2. The van der Waals surface area contributed by atoms with Crippen LogP contribution in [0.1, 0.15) is 28.4 Å². The molecular weight excluding hydrogens is 396 g/mol. The number of hydrogen-bond donors (Lipinski definition) is 2. The fraction of sp³-hybridized carbons (Fsp3) is 0.348.